The van der Waals surface area contributed by atoms with Gasteiger partial charge in [-0.05, 0) is 31.6 Å². The molecule has 0 fully saturated rings. The average Bonchev–Trinajstić information content (AvgIpc) is 1.84. The molecule has 0 aromatic carbocycles. The molecule has 0 bridgehead atoms. The second-order valence-corrected chi connectivity index (χ2v) is 30.8. The average molecular weight is 1400 g/mol. The van der Waals surface area contributed by atoms with E-state index in [-0.39, 0.29) is 25.7 Å². The molecule has 0 aromatic rings. The van der Waals surface area contributed by atoms with E-state index in [9.17, 15) is 43.2 Å². The number of aliphatic hydroxyl groups is 1. The molecule has 0 rings (SSSR count). The quantitative estimate of drug-likeness (QED) is 0.0222. The van der Waals surface area contributed by atoms with Crippen LogP contribution in [0.2, 0.25) is 0 Å². The van der Waals surface area contributed by atoms with Crippen LogP contribution in [0.3, 0.4) is 0 Å². The predicted octanol–water partition coefficient (Wildman–Crippen LogP) is 22.5. The molecule has 2 unspecified atom stereocenters. The number of hydrogen-bond acceptors (Lipinski definition) is 15. The van der Waals surface area contributed by atoms with E-state index in [1.54, 1.807) is 0 Å². The van der Waals surface area contributed by atoms with E-state index in [0.29, 0.717) is 25.7 Å². The SMILES string of the molecule is CCCCCCCCCCCCCCCCCC(=O)O[C@H](COC(=O)CCCCCCCCCCCCCCCC)COP(=O)(O)OC[C@@H](O)COP(=O)(O)OC[C@@H](COC(=O)CCCCCCCCCCCC(C)C)OC(=O)CCCCCCCCCCCCCCCC. The molecule has 0 radical (unpaired) electrons. The first-order chi connectivity index (χ1) is 46.0. The van der Waals surface area contributed by atoms with Crippen molar-refractivity contribution in [1.29, 1.82) is 0 Å². The summed E-state index contributed by atoms with van der Waals surface area (Å²) in [6.45, 7) is 7.29. The van der Waals surface area contributed by atoms with Gasteiger partial charge in [0.2, 0.25) is 0 Å². The molecular weight excluding hydrogens is 1250 g/mol. The van der Waals surface area contributed by atoms with Crippen LogP contribution in [0.15, 0.2) is 0 Å². The predicted molar refractivity (Wildman–Crippen MR) is 386 cm³/mol. The zero-order chi connectivity index (χ0) is 69.8. The lowest BCUT2D eigenvalue weighted by atomic mass is 10.0. The topological polar surface area (TPSA) is 237 Å². The zero-order valence-electron chi connectivity index (χ0n) is 61.8. The Balaban J connectivity index is 5.26. The van der Waals surface area contributed by atoms with Gasteiger partial charge in [-0.3, -0.25) is 37.3 Å². The molecule has 5 atom stereocenters. The van der Waals surface area contributed by atoms with Crippen LogP contribution in [0.1, 0.15) is 401 Å². The maximum atomic E-state index is 13.1. The van der Waals surface area contributed by atoms with Crippen molar-refractivity contribution in [2.24, 2.45) is 5.92 Å². The summed E-state index contributed by atoms with van der Waals surface area (Å²) in [6.07, 6.45) is 58.0. The Hall–Kier alpha value is -1.94. The Morgan fingerprint density at radius 3 is 0.716 bits per heavy atom. The van der Waals surface area contributed by atoms with E-state index in [0.717, 1.165) is 95.8 Å². The Bertz CT molecular complexity index is 1820. The van der Waals surface area contributed by atoms with Crippen LogP contribution in [0, 0.1) is 5.92 Å². The van der Waals surface area contributed by atoms with Crippen molar-refractivity contribution in [3.63, 3.8) is 0 Å². The first-order valence-corrected chi connectivity index (χ1v) is 42.6. The molecule has 19 heteroatoms. The lowest BCUT2D eigenvalue weighted by molar-refractivity contribution is -0.161. The number of rotatable bonds is 76. The minimum Gasteiger partial charge on any atom is -0.462 e. The Morgan fingerprint density at radius 2 is 0.484 bits per heavy atom. The largest absolute Gasteiger partial charge is 0.472 e. The van der Waals surface area contributed by atoms with Gasteiger partial charge in [0.1, 0.15) is 19.3 Å². The third-order valence-electron chi connectivity index (χ3n) is 17.8. The molecule has 0 aliphatic rings. The molecule has 0 aliphatic heterocycles. The van der Waals surface area contributed by atoms with Gasteiger partial charge in [-0.2, -0.15) is 0 Å². The summed E-state index contributed by atoms with van der Waals surface area (Å²) in [4.78, 5) is 72.9. The first kappa shape index (κ1) is 93.1. The van der Waals surface area contributed by atoms with Gasteiger partial charge in [-0.15, -0.1) is 0 Å². The van der Waals surface area contributed by atoms with Crippen LogP contribution in [0.25, 0.3) is 0 Å². The third kappa shape index (κ3) is 70.3. The lowest BCUT2D eigenvalue weighted by Gasteiger charge is -2.21. The molecule has 0 saturated carbocycles. The van der Waals surface area contributed by atoms with Gasteiger partial charge in [0, 0.05) is 25.7 Å². The van der Waals surface area contributed by atoms with Gasteiger partial charge in [0.25, 0.3) is 0 Å². The summed E-state index contributed by atoms with van der Waals surface area (Å²) >= 11 is 0. The summed E-state index contributed by atoms with van der Waals surface area (Å²) in [5, 5.41) is 10.6. The number of hydrogen-bond donors (Lipinski definition) is 3. The highest BCUT2D eigenvalue weighted by Crippen LogP contribution is 2.45. The van der Waals surface area contributed by atoms with Crippen molar-refractivity contribution in [2.45, 2.75) is 419 Å². The zero-order valence-corrected chi connectivity index (χ0v) is 63.6. The van der Waals surface area contributed by atoms with Crippen LogP contribution >= 0.6 is 15.6 Å². The maximum Gasteiger partial charge on any atom is 0.472 e. The van der Waals surface area contributed by atoms with Crippen LogP contribution in [0.4, 0.5) is 0 Å². The third-order valence-corrected chi connectivity index (χ3v) is 19.7. The molecule has 0 amide bonds. The molecule has 17 nitrogen and oxygen atoms in total. The molecule has 0 spiro atoms. The summed E-state index contributed by atoms with van der Waals surface area (Å²) in [5.74, 6) is -1.37. The van der Waals surface area contributed by atoms with E-state index in [1.807, 2.05) is 0 Å². The molecule has 0 heterocycles. The smallest absolute Gasteiger partial charge is 0.462 e. The van der Waals surface area contributed by atoms with E-state index in [1.165, 1.54) is 225 Å². The monoisotopic (exact) mass is 1400 g/mol. The highest BCUT2D eigenvalue weighted by molar-refractivity contribution is 7.47. The Kier molecular flexibility index (Phi) is 67.7. The Labute approximate surface area is 581 Å². The standard InChI is InChI=1S/C76H148O17P2/c1-6-9-12-15-18-21-24-27-30-33-36-41-47-52-57-62-76(81)92-71(65-86-73(78)59-54-49-44-39-34-31-28-25-22-19-16-13-10-7-2)67-90-94(82,83)88-63-70(77)64-89-95(84,85)91-68-72(66-87-74(79)60-55-50-45-42-37-38-43-48-53-58-69(4)5)93-75(80)61-56-51-46-40-35-32-29-26-23-20-17-14-11-8-3/h69-72,77H,6-68H2,1-5H3,(H,82,83)(H,84,85)/t70-,71-,72-/m1/s1. The van der Waals surface area contributed by atoms with Gasteiger partial charge < -0.3 is 33.8 Å². The highest BCUT2D eigenvalue weighted by atomic mass is 31.2. The summed E-state index contributed by atoms with van der Waals surface area (Å²) in [5.41, 5.74) is 0. The molecule has 0 aliphatic carbocycles. The van der Waals surface area contributed by atoms with Crippen molar-refractivity contribution in [3.05, 3.63) is 0 Å². The molecular formula is C76H148O17P2. The van der Waals surface area contributed by atoms with E-state index < -0.39 is 97.5 Å². The summed E-state index contributed by atoms with van der Waals surface area (Å²) in [7, 11) is -9.91. The fourth-order valence-electron chi connectivity index (χ4n) is 11.7. The highest BCUT2D eigenvalue weighted by Gasteiger charge is 2.30. The number of carbonyl (C=O) groups excluding carboxylic acids is 4. The van der Waals surface area contributed by atoms with Crippen LogP contribution < -0.4 is 0 Å². The number of unbranched alkanes of at least 4 members (excludes halogenated alkanes) is 48. The summed E-state index contributed by atoms with van der Waals surface area (Å²) in [6, 6.07) is 0. The lowest BCUT2D eigenvalue weighted by Crippen LogP contribution is -2.30. The minimum absolute atomic E-state index is 0.108. The molecule has 564 valence electrons. The number of phosphoric acid groups is 2. The van der Waals surface area contributed by atoms with E-state index in [2.05, 4.69) is 34.6 Å². The number of ether oxygens (including phenoxy) is 4. The second-order valence-electron chi connectivity index (χ2n) is 27.9. The maximum absolute atomic E-state index is 13.1. The van der Waals surface area contributed by atoms with Crippen LogP contribution in [-0.4, -0.2) is 96.7 Å². The number of phosphoric ester groups is 2. The molecule has 95 heavy (non-hydrogen) atoms. The van der Waals surface area contributed by atoms with Crippen molar-refractivity contribution >= 4 is 39.5 Å². The van der Waals surface area contributed by atoms with Gasteiger partial charge in [0.15, 0.2) is 12.2 Å². The minimum atomic E-state index is -4.96. The second kappa shape index (κ2) is 69.2. The molecule has 0 aromatic heterocycles. The Morgan fingerprint density at radius 1 is 0.284 bits per heavy atom. The van der Waals surface area contributed by atoms with Crippen LogP contribution in [-0.2, 0) is 65.4 Å². The van der Waals surface area contributed by atoms with Gasteiger partial charge >= 0.3 is 39.5 Å². The fourth-order valence-corrected chi connectivity index (χ4v) is 13.3. The van der Waals surface area contributed by atoms with Gasteiger partial charge in [-0.25, -0.2) is 9.13 Å². The molecule has 0 saturated heterocycles. The number of esters is 4. The van der Waals surface area contributed by atoms with Crippen molar-refractivity contribution in [2.75, 3.05) is 39.6 Å². The van der Waals surface area contributed by atoms with Crippen LogP contribution in [0.5, 0.6) is 0 Å². The van der Waals surface area contributed by atoms with Crippen molar-refractivity contribution < 1.29 is 80.2 Å². The van der Waals surface area contributed by atoms with Crippen molar-refractivity contribution in [1.82, 2.24) is 0 Å². The number of carbonyl (C=O) groups is 4. The summed E-state index contributed by atoms with van der Waals surface area (Å²) < 4.78 is 68.6. The van der Waals surface area contributed by atoms with E-state index >= 15 is 0 Å². The number of aliphatic hydroxyl groups excluding tert-OH is 1. The van der Waals surface area contributed by atoms with E-state index in [4.69, 9.17) is 37.0 Å². The van der Waals surface area contributed by atoms with Crippen molar-refractivity contribution in [3.8, 4) is 0 Å². The fraction of sp³-hybridized carbons (Fsp3) is 0.947. The van der Waals surface area contributed by atoms with Gasteiger partial charge in [-0.1, -0.05) is 349 Å². The normalized spacial score (nSPS) is 13.9. The first-order valence-electron chi connectivity index (χ1n) is 39.6. The molecule has 3 N–H and O–H groups in total. The van der Waals surface area contributed by atoms with Gasteiger partial charge in [0.05, 0.1) is 26.4 Å².